The van der Waals surface area contributed by atoms with Crippen molar-refractivity contribution >= 4 is 23.2 Å². The SMILES string of the molecule is CCN(Cc1ccncc1)c1c(C#N)c(SC)nc2ccnn12. The first kappa shape index (κ1) is 15.3. The molecule has 3 heterocycles. The first-order chi connectivity index (χ1) is 11.3. The molecule has 0 aliphatic heterocycles. The summed E-state index contributed by atoms with van der Waals surface area (Å²) < 4.78 is 1.74. The number of nitrogens with zero attached hydrogens (tertiary/aromatic N) is 6. The molecular weight excluding hydrogens is 308 g/mol. The van der Waals surface area contributed by atoms with E-state index in [0.29, 0.717) is 12.1 Å². The van der Waals surface area contributed by atoms with E-state index in [-0.39, 0.29) is 0 Å². The van der Waals surface area contributed by atoms with Crippen LogP contribution in [0.5, 0.6) is 0 Å². The van der Waals surface area contributed by atoms with Crippen LogP contribution in [0.4, 0.5) is 5.82 Å². The Bertz CT molecular complexity index is 852. The first-order valence-corrected chi connectivity index (χ1v) is 8.46. The van der Waals surface area contributed by atoms with Crippen LogP contribution in [0.2, 0.25) is 0 Å². The van der Waals surface area contributed by atoms with Crippen molar-refractivity contribution in [3.8, 4) is 6.07 Å². The number of hydrogen-bond donors (Lipinski definition) is 0. The largest absolute Gasteiger partial charge is 0.351 e. The normalized spacial score (nSPS) is 10.7. The van der Waals surface area contributed by atoms with E-state index in [0.717, 1.165) is 28.6 Å². The molecular formula is C16H16N6S. The zero-order valence-corrected chi connectivity index (χ0v) is 13.8. The average Bonchev–Trinajstić information content (AvgIpc) is 3.07. The number of aromatic nitrogens is 4. The van der Waals surface area contributed by atoms with Crippen molar-refractivity contribution in [2.75, 3.05) is 17.7 Å². The minimum atomic E-state index is 0.560. The second-order valence-corrected chi connectivity index (χ2v) is 5.70. The highest BCUT2D eigenvalue weighted by Gasteiger charge is 2.20. The standard InChI is InChI=1S/C16H16N6S/c1-3-21(11-12-4-7-18-8-5-12)16-13(10-17)15(23-2)20-14-6-9-19-22(14)16/h4-9H,3,11H2,1-2H3. The quantitative estimate of drug-likeness (QED) is 0.531. The molecule has 0 fully saturated rings. The second-order valence-electron chi connectivity index (χ2n) is 4.90. The summed E-state index contributed by atoms with van der Waals surface area (Å²) in [6.45, 7) is 3.50. The van der Waals surface area contributed by atoms with Gasteiger partial charge in [0.05, 0.1) is 6.20 Å². The van der Waals surface area contributed by atoms with Crippen LogP contribution < -0.4 is 4.90 Å². The predicted molar refractivity (Wildman–Crippen MR) is 90.4 cm³/mol. The van der Waals surface area contributed by atoms with Gasteiger partial charge in [0, 0.05) is 31.5 Å². The van der Waals surface area contributed by atoms with Gasteiger partial charge in [0.2, 0.25) is 0 Å². The number of rotatable bonds is 5. The molecule has 0 amide bonds. The van der Waals surface area contributed by atoms with Crippen LogP contribution >= 0.6 is 11.8 Å². The van der Waals surface area contributed by atoms with E-state index >= 15 is 0 Å². The molecule has 0 saturated carbocycles. The van der Waals surface area contributed by atoms with Crippen LogP contribution in [0.25, 0.3) is 5.65 Å². The fourth-order valence-electron chi connectivity index (χ4n) is 2.49. The molecule has 0 aromatic carbocycles. The van der Waals surface area contributed by atoms with Gasteiger partial charge in [-0.2, -0.15) is 14.9 Å². The predicted octanol–water partition coefficient (Wildman–Crippen LogP) is 2.74. The van der Waals surface area contributed by atoms with E-state index in [2.05, 4.69) is 33.0 Å². The number of hydrogen-bond acceptors (Lipinski definition) is 6. The Kier molecular flexibility index (Phi) is 4.44. The van der Waals surface area contributed by atoms with E-state index in [4.69, 9.17) is 0 Å². The molecule has 0 bridgehead atoms. The fourth-order valence-corrected chi connectivity index (χ4v) is 3.01. The lowest BCUT2D eigenvalue weighted by Crippen LogP contribution is -2.26. The molecule has 0 N–H and O–H groups in total. The molecule has 0 unspecified atom stereocenters. The van der Waals surface area contributed by atoms with Crippen molar-refractivity contribution in [1.82, 2.24) is 19.6 Å². The average molecular weight is 324 g/mol. The second kappa shape index (κ2) is 6.67. The minimum absolute atomic E-state index is 0.560. The summed E-state index contributed by atoms with van der Waals surface area (Å²) in [6, 6.07) is 8.11. The van der Waals surface area contributed by atoms with Gasteiger partial charge in [-0.1, -0.05) is 0 Å². The zero-order chi connectivity index (χ0) is 16.2. The summed E-state index contributed by atoms with van der Waals surface area (Å²) in [6.07, 6.45) is 7.19. The summed E-state index contributed by atoms with van der Waals surface area (Å²) in [4.78, 5) is 10.7. The Morgan fingerprint density at radius 3 is 2.70 bits per heavy atom. The zero-order valence-electron chi connectivity index (χ0n) is 13.0. The summed E-state index contributed by atoms with van der Waals surface area (Å²) in [5.41, 5.74) is 2.44. The van der Waals surface area contributed by atoms with E-state index in [1.165, 1.54) is 11.8 Å². The number of thioether (sulfide) groups is 1. The van der Waals surface area contributed by atoms with Crippen LogP contribution in [-0.2, 0) is 6.54 Å². The van der Waals surface area contributed by atoms with Gasteiger partial charge < -0.3 is 4.90 Å². The van der Waals surface area contributed by atoms with Crippen molar-refractivity contribution in [3.05, 3.63) is 47.9 Å². The van der Waals surface area contributed by atoms with Crippen LogP contribution in [0, 0.1) is 11.3 Å². The topological polar surface area (TPSA) is 70.1 Å². The van der Waals surface area contributed by atoms with Crippen LogP contribution in [-0.4, -0.2) is 32.4 Å². The van der Waals surface area contributed by atoms with Crippen molar-refractivity contribution in [1.29, 1.82) is 5.26 Å². The number of nitriles is 1. The monoisotopic (exact) mass is 324 g/mol. The molecule has 0 saturated heterocycles. The highest BCUT2D eigenvalue weighted by atomic mass is 32.2. The van der Waals surface area contributed by atoms with Gasteiger partial charge in [0.15, 0.2) is 11.5 Å². The van der Waals surface area contributed by atoms with E-state index in [1.54, 1.807) is 23.1 Å². The van der Waals surface area contributed by atoms with Gasteiger partial charge in [0.1, 0.15) is 16.7 Å². The minimum Gasteiger partial charge on any atom is -0.351 e. The fraction of sp³-hybridized carbons (Fsp3) is 0.250. The van der Waals surface area contributed by atoms with Crippen LogP contribution in [0.1, 0.15) is 18.1 Å². The highest BCUT2D eigenvalue weighted by Crippen LogP contribution is 2.29. The molecule has 0 atom stereocenters. The van der Waals surface area contributed by atoms with Gasteiger partial charge >= 0.3 is 0 Å². The van der Waals surface area contributed by atoms with Gasteiger partial charge in [0.25, 0.3) is 0 Å². The molecule has 3 rings (SSSR count). The van der Waals surface area contributed by atoms with Crippen molar-refractivity contribution in [2.24, 2.45) is 0 Å². The lowest BCUT2D eigenvalue weighted by atomic mass is 10.2. The summed E-state index contributed by atoms with van der Waals surface area (Å²) >= 11 is 1.48. The maximum absolute atomic E-state index is 9.66. The smallest absolute Gasteiger partial charge is 0.158 e. The first-order valence-electron chi connectivity index (χ1n) is 7.24. The van der Waals surface area contributed by atoms with Gasteiger partial charge in [-0.05, 0) is 30.9 Å². The van der Waals surface area contributed by atoms with Crippen LogP contribution in [0.3, 0.4) is 0 Å². The van der Waals surface area contributed by atoms with Gasteiger partial charge in [-0.25, -0.2) is 4.98 Å². The summed E-state index contributed by atoms with van der Waals surface area (Å²) in [5.74, 6) is 0.783. The highest BCUT2D eigenvalue weighted by molar-refractivity contribution is 7.98. The Morgan fingerprint density at radius 1 is 1.26 bits per heavy atom. The summed E-state index contributed by atoms with van der Waals surface area (Å²) in [5, 5.41) is 14.7. The number of anilines is 1. The molecule has 3 aromatic rings. The van der Waals surface area contributed by atoms with Crippen molar-refractivity contribution < 1.29 is 0 Å². The van der Waals surface area contributed by atoms with E-state index in [9.17, 15) is 5.26 Å². The Hall–Kier alpha value is -2.59. The lowest BCUT2D eigenvalue weighted by molar-refractivity contribution is 0.764. The molecule has 0 radical (unpaired) electrons. The Labute approximate surface area is 138 Å². The van der Waals surface area contributed by atoms with Crippen molar-refractivity contribution in [3.63, 3.8) is 0 Å². The molecule has 6 nitrogen and oxygen atoms in total. The molecule has 0 aliphatic rings. The van der Waals surface area contributed by atoms with E-state index in [1.807, 2.05) is 24.5 Å². The third kappa shape index (κ3) is 2.85. The molecule has 0 aliphatic carbocycles. The summed E-state index contributed by atoms with van der Waals surface area (Å²) in [7, 11) is 0. The molecule has 0 spiro atoms. The third-order valence-electron chi connectivity index (χ3n) is 3.59. The maximum atomic E-state index is 9.66. The molecule has 116 valence electrons. The molecule has 3 aromatic heterocycles. The molecule has 23 heavy (non-hydrogen) atoms. The third-order valence-corrected chi connectivity index (χ3v) is 4.27. The number of fused-ring (bicyclic) bond motifs is 1. The maximum Gasteiger partial charge on any atom is 0.158 e. The molecule has 7 heteroatoms. The van der Waals surface area contributed by atoms with E-state index < -0.39 is 0 Å². The number of pyridine rings is 1. The Morgan fingerprint density at radius 2 is 2.04 bits per heavy atom. The lowest BCUT2D eigenvalue weighted by Gasteiger charge is -2.25. The van der Waals surface area contributed by atoms with Gasteiger partial charge in [-0.15, -0.1) is 11.8 Å². The van der Waals surface area contributed by atoms with Crippen molar-refractivity contribution in [2.45, 2.75) is 18.5 Å². The van der Waals surface area contributed by atoms with Gasteiger partial charge in [-0.3, -0.25) is 4.98 Å². The Balaban J connectivity index is 2.15. The van der Waals surface area contributed by atoms with Crippen LogP contribution in [0.15, 0.2) is 41.8 Å².